The summed E-state index contributed by atoms with van der Waals surface area (Å²) in [5.74, 6) is 1.16. The van der Waals surface area contributed by atoms with Gasteiger partial charge in [0.05, 0.1) is 18.9 Å². The van der Waals surface area contributed by atoms with Gasteiger partial charge in [-0.3, -0.25) is 4.68 Å². The highest BCUT2D eigenvalue weighted by Crippen LogP contribution is 2.24. The first kappa shape index (κ1) is 11.2. The van der Waals surface area contributed by atoms with E-state index in [1.807, 2.05) is 17.7 Å². The number of nitrogen functional groups attached to an aromatic ring is 1. The number of ether oxygens (including phenoxy) is 1. The van der Waals surface area contributed by atoms with Crippen molar-refractivity contribution < 1.29 is 4.74 Å². The summed E-state index contributed by atoms with van der Waals surface area (Å²) in [5.41, 5.74) is 8.80. The molecule has 1 aliphatic heterocycles. The SMILES string of the molecule is CCn1nccc1-c1nc(N)c2c(n1)CCOC2. The molecule has 0 atom stereocenters. The molecule has 0 aliphatic carbocycles. The quantitative estimate of drug-likeness (QED) is 0.854. The fraction of sp³-hybridized carbons (Fsp3) is 0.417. The third-order valence-electron chi connectivity index (χ3n) is 3.10. The number of hydrogen-bond donors (Lipinski definition) is 1. The predicted octanol–water partition coefficient (Wildman–Crippen LogP) is 1.01. The highest BCUT2D eigenvalue weighted by molar-refractivity contribution is 5.55. The molecule has 94 valence electrons. The van der Waals surface area contributed by atoms with Gasteiger partial charge in [0.1, 0.15) is 11.5 Å². The van der Waals surface area contributed by atoms with Gasteiger partial charge in [-0.15, -0.1) is 0 Å². The molecule has 0 amide bonds. The van der Waals surface area contributed by atoms with Gasteiger partial charge in [0, 0.05) is 24.7 Å². The molecule has 2 aromatic heterocycles. The molecule has 0 aromatic carbocycles. The van der Waals surface area contributed by atoms with Gasteiger partial charge in [-0.05, 0) is 13.0 Å². The molecule has 1 aliphatic rings. The first-order valence-corrected chi connectivity index (χ1v) is 6.04. The molecule has 2 aromatic rings. The average Bonchev–Trinajstić information content (AvgIpc) is 2.87. The van der Waals surface area contributed by atoms with Crippen molar-refractivity contribution in [2.75, 3.05) is 12.3 Å². The second-order valence-electron chi connectivity index (χ2n) is 4.19. The maximum absolute atomic E-state index is 5.98. The van der Waals surface area contributed by atoms with E-state index in [-0.39, 0.29) is 0 Å². The summed E-state index contributed by atoms with van der Waals surface area (Å²) in [5, 5.41) is 4.22. The Balaban J connectivity index is 2.11. The number of nitrogens with two attached hydrogens (primary N) is 1. The number of aryl methyl sites for hydroxylation is 1. The van der Waals surface area contributed by atoms with E-state index in [0.717, 1.165) is 29.9 Å². The monoisotopic (exact) mass is 245 g/mol. The molecule has 18 heavy (non-hydrogen) atoms. The Bertz CT molecular complexity index is 578. The summed E-state index contributed by atoms with van der Waals surface area (Å²) in [6.07, 6.45) is 2.54. The zero-order valence-corrected chi connectivity index (χ0v) is 10.3. The Morgan fingerprint density at radius 1 is 1.44 bits per heavy atom. The number of anilines is 1. The number of nitrogens with zero attached hydrogens (tertiary/aromatic N) is 4. The smallest absolute Gasteiger partial charge is 0.180 e. The van der Waals surface area contributed by atoms with E-state index in [2.05, 4.69) is 15.1 Å². The van der Waals surface area contributed by atoms with Gasteiger partial charge >= 0.3 is 0 Å². The minimum absolute atomic E-state index is 0.508. The van der Waals surface area contributed by atoms with Crippen LogP contribution in [-0.4, -0.2) is 26.4 Å². The van der Waals surface area contributed by atoms with Crippen molar-refractivity contribution in [2.45, 2.75) is 26.5 Å². The Kier molecular flexibility index (Phi) is 2.71. The molecule has 3 rings (SSSR count). The lowest BCUT2D eigenvalue weighted by atomic mass is 10.1. The van der Waals surface area contributed by atoms with Gasteiger partial charge in [-0.25, -0.2) is 9.97 Å². The van der Waals surface area contributed by atoms with Crippen molar-refractivity contribution in [3.63, 3.8) is 0 Å². The van der Waals surface area contributed by atoms with Crippen molar-refractivity contribution in [1.29, 1.82) is 0 Å². The van der Waals surface area contributed by atoms with Gasteiger partial charge in [0.25, 0.3) is 0 Å². The number of rotatable bonds is 2. The van der Waals surface area contributed by atoms with Crippen LogP contribution in [0.2, 0.25) is 0 Å². The van der Waals surface area contributed by atoms with Crippen LogP contribution in [0, 0.1) is 0 Å². The van der Waals surface area contributed by atoms with Gasteiger partial charge in [-0.2, -0.15) is 5.10 Å². The summed E-state index contributed by atoms with van der Waals surface area (Å²) in [6.45, 7) is 4.02. The largest absolute Gasteiger partial charge is 0.383 e. The first-order chi connectivity index (χ1) is 8.79. The van der Waals surface area contributed by atoms with Crippen LogP contribution in [0.4, 0.5) is 5.82 Å². The van der Waals surface area contributed by atoms with Crippen molar-refractivity contribution in [2.24, 2.45) is 0 Å². The van der Waals surface area contributed by atoms with Gasteiger partial charge in [0.2, 0.25) is 0 Å². The summed E-state index contributed by atoms with van der Waals surface area (Å²) < 4.78 is 7.24. The summed E-state index contributed by atoms with van der Waals surface area (Å²) in [7, 11) is 0. The fourth-order valence-corrected chi connectivity index (χ4v) is 2.15. The van der Waals surface area contributed by atoms with Crippen LogP contribution >= 0.6 is 0 Å². The lowest BCUT2D eigenvalue weighted by Crippen LogP contribution is -2.16. The topological polar surface area (TPSA) is 78.9 Å². The molecule has 0 saturated heterocycles. The number of hydrogen-bond acceptors (Lipinski definition) is 5. The number of fused-ring (bicyclic) bond motifs is 1. The second-order valence-corrected chi connectivity index (χ2v) is 4.19. The van der Waals surface area contributed by atoms with Crippen LogP contribution in [-0.2, 0) is 24.3 Å². The van der Waals surface area contributed by atoms with E-state index in [4.69, 9.17) is 10.5 Å². The molecule has 3 heterocycles. The summed E-state index contributed by atoms with van der Waals surface area (Å²) in [6, 6.07) is 1.91. The zero-order valence-electron chi connectivity index (χ0n) is 10.3. The van der Waals surface area contributed by atoms with E-state index in [1.54, 1.807) is 6.20 Å². The van der Waals surface area contributed by atoms with Crippen LogP contribution in [0.25, 0.3) is 11.5 Å². The third kappa shape index (κ3) is 1.74. The van der Waals surface area contributed by atoms with Crippen LogP contribution in [0.5, 0.6) is 0 Å². The van der Waals surface area contributed by atoms with Gasteiger partial charge < -0.3 is 10.5 Å². The molecule has 0 radical (unpaired) electrons. The Morgan fingerprint density at radius 3 is 3.17 bits per heavy atom. The van der Waals surface area contributed by atoms with Gasteiger partial charge in [-0.1, -0.05) is 0 Å². The van der Waals surface area contributed by atoms with E-state index in [9.17, 15) is 0 Å². The minimum atomic E-state index is 0.508. The van der Waals surface area contributed by atoms with Gasteiger partial charge in [0.15, 0.2) is 5.82 Å². The molecule has 2 N–H and O–H groups in total. The first-order valence-electron chi connectivity index (χ1n) is 6.04. The normalized spacial score (nSPS) is 14.5. The second kappa shape index (κ2) is 4.38. The molecule has 6 heteroatoms. The molecular formula is C12H15N5O. The predicted molar refractivity (Wildman–Crippen MR) is 66.7 cm³/mol. The molecule has 0 spiro atoms. The highest BCUT2D eigenvalue weighted by atomic mass is 16.5. The molecule has 0 saturated carbocycles. The van der Waals surface area contributed by atoms with Crippen LogP contribution in [0.3, 0.4) is 0 Å². The van der Waals surface area contributed by atoms with Crippen molar-refractivity contribution >= 4 is 5.82 Å². The Hall–Kier alpha value is -1.95. The van der Waals surface area contributed by atoms with Crippen LogP contribution in [0.15, 0.2) is 12.3 Å². The summed E-state index contributed by atoms with van der Waals surface area (Å²) in [4.78, 5) is 8.96. The maximum Gasteiger partial charge on any atom is 0.180 e. The number of aromatic nitrogens is 4. The third-order valence-corrected chi connectivity index (χ3v) is 3.10. The molecule has 6 nitrogen and oxygen atoms in total. The molecular weight excluding hydrogens is 230 g/mol. The zero-order chi connectivity index (χ0) is 12.5. The van der Waals surface area contributed by atoms with E-state index in [1.165, 1.54) is 0 Å². The van der Waals surface area contributed by atoms with Crippen LogP contribution in [0.1, 0.15) is 18.2 Å². The Morgan fingerprint density at radius 2 is 2.33 bits per heavy atom. The van der Waals surface area contributed by atoms with E-state index in [0.29, 0.717) is 24.9 Å². The van der Waals surface area contributed by atoms with Crippen LogP contribution < -0.4 is 5.73 Å². The lowest BCUT2D eigenvalue weighted by molar-refractivity contribution is 0.109. The highest BCUT2D eigenvalue weighted by Gasteiger charge is 2.18. The van der Waals surface area contributed by atoms with E-state index < -0.39 is 0 Å². The van der Waals surface area contributed by atoms with Crippen molar-refractivity contribution in [3.05, 3.63) is 23.5 Å². The molecule has 0 bridgehead atoms. The summed E-state index contributed by atoms with van der Waals surface area (Å²) >= 11 is 0. The molecule has 0 fully saturated rings. The lowest BCUT2D eigenvalue weighted by Gasteiger charge is -2.17. The minimum Gasteiger partial charge on any atom is -0.383 e. The fourth-order valence-electron chi connectivity index (χ4n) is 2.15. The molecule has 0 unspecified atom stereocenters. The maximum atomic E-state index is 5.98. The average molecular weight is 245 g/mol. The standard InChI is InChI=1S/C12H15N5O/c1-2-17-10(3-5-14-17)12-15-9-4-6-18-7-8(9)11(13)16-12/h3,5H,2,4,6-7H2,1H3,(H2,13,15,16). The van der Waals surface area contributed by atoms with Crippen molar-refractivity contribution in [1.82, 2.24) is 19.7 Å². The van der Waals surface area contributed by atoms with E-state index >= 15 is 0 Å². The Labute approximate surface area is 105 Å². The van der Waals surface area contributed by atoms with Crippen molar-refractivity contribution in [3.8, 4) is 11.5 Å².